The minimum absolute atomic E-state index is 0.0525. The molecule has 1 aromatic carbocycles. The summed E-state index contributed by atoms with van der Waals surface area (Å²) in [7, 11) is 0. The van der Waals surface area contributed by atoms with E-state index in [0.717, 1.165) is 19.6 Å². The van der Waals surface area contributed by atoms with E-state index in [2.05, 4.69) is 35.8 Å². The molecule has 1 amide bonds. The Morgan fingerprint density at radius 3 is 2.53 bits per heavy atom. The van der Waals surface area contributed by atoms with E-state index >= 15 is 0 Å². The van der Waals surface area contributed by atoms with Crippen molar-refractivity contribution in [1.29, 1.82) is 0 Å². The minimum atomic E-state index is -3.87. The average molecular weight is 475 g/mol. The van der Waals surface area contributed by atoms with Gasteiger partial charge in [-0.15, -0.1) is 10.2 Å². The topological polar surface area (TPSA) is 228 Å². The Labute approximate surface area is 192 Å². The number of hydrogen-bond donors (Lipinski definition) is 8. The van der Waals surface area contributed by atoms with E-state index in [1.165, 1.54) is 37.2 Å². The summed E-state index contributed by atoms with van der Waals surface area (Å²) in [6, 6.07) is 4.35. The number of amides is 1. The van der Waals surface area contributed by atoms with Crippen molar-refractivity contribution in [3.63, 3.8) is 0 Å². The van der Waals surface area contributed by atoms with Crippen molar-refractivity contribution in [2.45, 2.75) is 24.7 Å². The first-order chi connectivity index (χ1) is 16.1. The first kappa shape index (κ1) is 23.7. The molecule has 0 unspecified atom stereocenters. The van der Waals surface area contributed by atoms with Gasteiger partial charge in [0.25, 0.3) is 5.91 Å². The fourth-order valence-electron chi connectivity index (χ4n) is 3.62. The van der Waals surface area contributed by atoms with Crippen molar-refractivity contribution in [1.82, 2.24) is 29.9 Å². The maximum Gasteiger partial charge on any atom is 0.357 e. The molecule has 0 aliphatic carbocycles. The number of nitrogens with two attached hydrogens (primary N) is 1. The van der Waals surface area contributed by atoms with Crippen molar-refractivity contribution in [2.75, 3.05) is 36.8 Å². The number of rotatable bonds is 9. The van der Waals surface area contributed by atoms with Gasteiger partial charge in [-0.2, -0.15) is 10.1 Å². The second-order valence-corrected chi connectivity index (χ2v) is 7.90. The molecule has 3 heterocycles. The van der Waals surface area contributed by atoms with E-state index in [-0.39, 0.29) is 23.0 Å². The van der Waals surface area contributed by atoms with Crippen molar-refractivity contribution < 1.29 is 30.3 Å². The predicted molar refractivity (Wildman–Crippen MR) is 117 cm³/mol. The average Bonchev–Trinajstić information content (AvgIpc) is 3.42. The molecule has 9 N–H and O–H groups in total. The number of nitrogens with one attached hydrogen (secondary N) is 2. The van der Waals surface area contributed by atoms with Gasteiger partial charge in [0.2, 0.25) is 5.95 Å². The summed E-state index contributed by atoms with van der Waals surface area (Å²) in [5.74, 6) is -7.97. The molecular formula is C19H25N9O6. The van der Waals surface area contributed by atoms with Gasteiger partial charge in [-0.25, -0.2) is 4.68 Å². The van der Waals surface area contributed by atoms with Crippen LogP contribution in [0.4, 0.5) is 17.5 Å². The Morgan fingerprint density at radius 2 is 1.85 bits per heavy atom. The van der Waals surface area contributed by atoms with Gasteiger partial charge in [-0.05, 0) is 44.1 Å². The van der Waals surface area contributed by atoms with Crippen LogP contribution in [-0.4, -0.2) is 93.5 Å². The van der Waals surface area contributed by atoms with Gasteiger partial charge in [0.1, 0.15) is 0 Å². The van der Waals surface area contributed by atoms with Crippen molar-refractivity contribution in [3.8, 4) is 0 Å². The number of benzene rings is 1. The van der Waals surface area contributed by atoms with Crippen LogP contribution < -0.4 is 16.4 Å². The first-order valence-electron chi connectivity index (χ1n) is 10.4. The summed E-state index contributed by atoms with van der Waals surface area (Å²) in [6.07, 6.45) is 3.56. The third-order valence-electron chi connectivity index (χ3n) is 5.41. The Balaban J connectivity index is 1.55. The molecule has 2 aromatic heterocycles. The molecule has 3 aromatic rings. The third-order valence-corrected chi connectivity index (χ3v) is 5.41. The van der Waals surface area contributed by atoms with Gasteiger partial charge in [0.15, 0.2) is 11.5 Å². The van der Waals surface area contributed by atoms with Crippen molar-refractivity contribution >= 4 is 34.3 Å². The number of likely N-dealkylation sites (tertiary alicyclic amines) is 1. The molecule has 15 nitrogen and oxygen atoms in total. The molecule has 1 saturated heterocycles. The second kappa shape index (κ2) is 9.05. The highest BCUT2D eigenvalue weighted by Gasteiger charge is 2.50. The molecule has 0 atom stereocenters. The van der Waals surface area contributed by atoms with E-state index in [1.807, 2.05) is 0 Å². The van der Waals surface area contributed by atoms with Crippen molar-refractivity contribution in [2.24, 2.45) is 5.73 Å². The van der Waals surface area contributed by atoms with Crippen LogP contribution in [0.5, 0.6) is 0 Å². The Kier molecular flexibility index (Phi) is 6.30. The third kappa shape index (κ3) is 4.74. The minimum Gasteiger partial charge on any atom is -0.364 e. The fourth-order valence-corrected chi connectivity index (χ4v) is 3.62. The summed E-state index contributed by atoms with van der Waals surface area (Å²) in [5.41, 5.74) is 5.67. The number of carbonyl (C=O) groups excluding carboxylic acids is 1. The summed E-state index contributed by atoms with van der Waals surface area (Å²) in [5, 5.41) is 65.2. The van der Waals surface area contributed by atoms with Gasteiger partial charge < -0.3 is 46.8 Å². The largest absolute Gasteiger partial charge is 0.364 e. The number of anilines is 3. The highest BCUT2D eigenvalue weighted by Crippen LogP contribution is 2.28. The normalized spacial score (nSPS) is 15.1. The molecule has 0 bridgehead atoms. The number of fused-ring (bicyclic) bond motifs is 1. The molecule has 182 valence electrons. The van der Waals surface area contributed by atoms with E-state index in [4.69, 9.17) is 5.73 Å². The Bertz CT molecular complexity index is 1190. The summed E-state index contributed by atoms with van der Waals surface area (Å²) >= 11 is 0. The first-order valence-corrected chi connectivity index (χ1v) is 10.4. The zero-order chi connectivity index (χ0) is 24.5. The van der Waals surface area contributed by atoms with E-state index in [9.17, 15) is 30.3 Å². The van der Waals surface area contributed by atoms with Crippen LogP contribution in [0.3, 0.4) is 0 Å². The molecule has 34 heavy (non-hydrogen) atoms. The van der Waals surface area contributed by atoms with Crippen LogP contribution >= 0.6 is 0 Å². The van der Waals surface area contributed by atoms with Gasteiger partial charge in [0, 0.05) is 24.2 Å². The number of nitrogens with zero attached hydrogens (tertiary/aromatic N) is 6. The van der Waals surface area contributed by atoms with E-state index in [0.29, 0.717) is 22.3 Å². The highest BCUT2D eigenvalue weighted by molar-refractivity contribution is 5.96. The van der Waals surface area contributed by atoms with Gasteiger partial charge in [-0.3, -0.25) is 4.79 Å². The smallest absolute Gasteiger partial charge is 0.357 e. The zero-order valence-corrected chi connectivity index (χ0v) is 18.0. The van der Waals surface area contributed by atoms with Crippen LogP contribution in [0.1, 0.15) is 23.3 Å². The van der Waals surface area contributed by atoms with Crippen LogP contribution in [-0.2, 0) is 5.91 Å². The maximum atomic E-state index is 11.8. The number of carbonyl (C=O) groups is 1. The lowest BCUT2D eigenvalue weighted by atomic mass is 10.2. The standard InChI is InChI=1S/C19H25N9O6/c20-15(29)14-16(24-17(26-25-14)21-5-8-27-6-1-2-7-27)23-12-3-4-13-11(9-12)10-22-28(13)18(30,31)19(32,33)34/h3-4,9-10,30-34H,1-2,5-8H2,(H2,20,29)(H2,21,23,24,26). The lowest BCUT2D eigenvalue weighted by Gasteiger charge is -2.30. The lowest BCUT2D eigenvalue weighted by molar-refractivity contribution is -0.482. The molecule has 1 fully saturated rings. The predicted octanol–water partition coefficient (Wildman–Crippen LogP) is -2.20. The highest BCUT2D eigenvalue weighted by atomic mass is 16.7. The Morgan fingerprint density at radius 1 is 1.12 bits per heavy atom. The number of aliphatic hydroxyl groups is 5. The van der Waals surface area contributed by atoms with Gasteiger partial charge in [0.05, 0.1) is 11.7 Å². The summed E-state index contributed by atoms with van der Waals surface area (Å²) in [4.78, 5) is 18.4. The molecule has 15 heteroatoms. The van der Waals surface area contributed by atoms with Crippen LogP contribution in [0.2, 0.25) is 0 Å². The maximum absolute atomic E-state index is 11.8. The lowest BCUT2D eigenvalue weighted by Crippen LogP contribution is -2.56. The molecule has 0 spiro atoms. The molecule has 1 aliphatic rings. The van der Waals surface area contributed by atoms with Crippen molar-refractivity contribution in [3.05, 3.63) is 30.1 Å². The monoisotopic (exact) mass is 475 g/mol. The van der Waals surface area contributed by atoms with Crippen LogP contribution in [0.25, 0.3) is 10.9 Å². The van der Waals surface area contributed by atoms with E-state index in [1.54, 1.807) is 0 Å². The fraction of sp³-hybridized carbons (Fsp3) is 0.421. The second-order valence-electron chi connectivity index (χ2n) is 7.90. The van der Waals surface area contributed by atoms with Gasteiger partial charge in [-0.1, -0.05) is 0 Å². The Hall–Kier alpha value is -3.47. The van der Waals surface area contributed by atoms with Gasteiger partial charge >= 0.3 is 11.9 Å². The SMILES string of the molecule is NC(=O)c1nnc(NCCN2CCCC2)nc1Nc1ccc2c(cnn2C(O)(O)C(O)(O)O)c1. The van der Waals surface area contributed by atoms with Crippen LogP contribution in [0.15, 0.2) is 24.4 Å². The number of hydrogen-bond acceptors (Lipinski definition) is 13. The van der Waals surface area contributed by atoms with E-state index < -0.39 is 17.8 Å². The number of aromatic nitrogens is 5. The molecule has 1 aliphatic heterocycles. The summed E-state index contributed by atoms with van der Waals surface area (Å²) in [6.45, 7) is 3.51. The quantitative estimate of drug-likeness (QED) is 0.154. The zero-order valence-electron chi connectivity index (χ0n) is 18.0. The van der Waals surface area contributed by atoms with Crippen LogP contribution in [0, 0.1) is 0 Å². The number of primary amides is 1. The molecular weight excluding hydrogens is 450 g/mol. The molecule has 0 saturated carbocycles. The molecule has 0 radical (unpaired) electrons. The molecule has 4 rings (SSSR count). The summed E-state index contributed by atoms with van der Waals surface area (Å²) < 4.78 is 0.426.